The first-order valence-electron chi connectivity index (χ1n) is 8.46. The normalized spacial score (nSPS) is 20.0. The summed E-state index contributed by atoms with van der Waals surface area (Å²) in [6.45, 7) is 9.94. The van der Waals surface area contributed by atoms with Gasteiger partial charge in [0.25, 0.3) is 0 Å². The van der Waals surface area contributed by atoms with E-state index in [-0.39, 0.29) is 0 Å². The van der Waals surface area contributed by atoms with E-state index < -0.39 is 0 Å². The molecule has 0 atom stereocenters. The topological polar surface area (TPSA) is 41.0 Å². The third-order valence-electron chi connectivity index (χ3n) is 4.57. The van der Waals surface area contributed by atoms with Gasteiger partial charge in [0.05, 0.1) is 0 Å². The highest BCUT2D eigenvalue weighted by Gasteiger charge is 2.32. The molecule has 2 fully saturated rings. The van der Waals surface area contributed by atoms with E-state index in [0.717, 1.165) is 23.3 Å². The van der Waals surface area contributed by atoms with Crippen molar-refractivity contribution in [1.29, 1.82) is 0 Å². The van der Waals surface area contributed by atoms with Crippen LogP contribution in [0.3, 0.4) is 0 Å². The van der Waals surface area contributed by atoms with Crippen LogP contribution in [0.5, 0.6) is 0 Å². The molecule has 116 valence electrons. The molecule has 1 aromatic rings. The summed E-state index contributed by atoms with van der Waals surface area (Å²) in [5.41, 5.74) is 1.10. The SMILES string of the molecule is Cc1cc(N(CC2CCNCC2)C2CC2)nc(C(C)C)n1. The third-order valence-corrected chi connectivity index (χ3v) is 4.57. The van der Waals surface area contributed by atoms with Gasteiger partial charge >= 0.3 is 0 Å². The van der Waals surface area contributed by atoms with Gasteiger partial charge in [0, 0.05) is 30.3 Å². The minimum Gasteiger partial charge on any atom is -0.353 e. The van der Waals surface area contributed by atoms with Crippen molar-refractivity contribution in [3.63, 3.8) is 0 Å². The summed E-state index contributed by atoms with van der Waals surface area (Å²) in [6.07, 6.45) is 5.24. The molecular weight excluding hydrogens is 260 g/mol. The summed E-state index contributed by atoms with van der Waals surface area (Å²) < 4.78 is 0. The van der Waals surface area contributed by atoms with Crippen molar-refractivity contribution in [2.75, 3.05) is 24.5 Å². The first-order chi connectivity index (χ1) is 10.1. The third kappa shape index (κ3) is 3.73. The van der Waals surface area contributed by atoms with E-state index in [2.05, 4.69) is 42.0 Å². The molecule has 3 rings (SSSR count). The van der Waals surface area contributed by atoms with E-state index in [4.69, 9.17) is 4.98 Å². The smallest absolute Gasteiger partial charge is 0.133 e. The molecule has 2 aliphatic rings. The molecule has 1 saturated carbocycles. The molecular formula is C17H28N4. The van der Waals surface area contributed by atoms with Crippen molar-refractivity contribution in [2.24, 2.45) is 5.92 Å². The van der Waals surface area contributed by atoms with Gasteiger partial charge in [-0.05, 0) is 51.6 Å². The fraction of sp³-hybridized carbons (Fsp3) is 0.765. The predicted octanol–water partition coefficient (Wildman–Crippen LogP) is 2.88. The number of nitrogens with one attached hydrogen (secondary N) is 1. The number of anilines is 1. The number of hydrogen-bond acceptors (Lipinski definition) is 4. The van der Waals surface area contributed by atoms with Crippen LogP contribution in [0, 0.1) is 12.8 Å². The number of aromatic nitrogens is 2. The molecule has 1 aliphatic heterocycles. The van der Waals surface area contributed by atoms with Crippen LogP contribution in [-0.4, -0.2) is 35.6 Å². The predicted molar refractivity (Wildman–Crippen MR) is 86.8 cm³/mol. The Bertz CT molecular complexity index is 476. The van der Waals surface area contributed by atoms with Gasteiger partial charge in [-0.3, -0.25) is 0 Å². The van der Waals surface area contributed by atoms with Crippen molar-refractivity contribution >= 4 is 5.82 Å². The van der Waals surface area contributed by atoms with Crippen LogP contribution in [-0.2, 0) is 0 Å². The van der Waals surface area contributed by atoms with Crippen molar-refractivity contribution in [3.05, 3.63) is 17.6 Å². The Kier molecular flexibility index (Phi) is 4.43. The first-order valence-corrected chi connectivity index (χ1v) is 8.46. The quantitative estimate of drug-likeness (QED) is 0.904. The molecule has 1 aromatic heterocycles. The first kappa shape index (κ1) is 14.8. The lowest BCUT2D eigenvalue weighted by Gasteiger charge is -2.31. The van der Waals surface area contributed by atoms with Crippen LogP contribution in [0.15, 0.2) is 6.07 Å². The molecule has 1 N–H and O–H groups in total. The molecule has 0 unspecified atom stereocenters. The zero-order valence-electron chi connectivity index (χ0n) is 13.6. The van der Waals surface area contributed by atoms with Crippen LogP contribution >= 0.6 is 0 Å². The Morgan fingerprint density at radius 1 is 1.19 bits per heavy atom. The van der Waals surface area contributed by atoms with Crippen molar-refractivity contribution in [3.8, 4) is 0 Å². The standard InChI is InChI=1S/C17H28N4/c1-12(2)17-19-13(3)10-16(20-17)21(15-4-5-15)11-14-6-8-18-9-7-14/h10,12,14-15,18H,4-9,11H2,1-3H3. The molecule has 0 radical (unpaired) electrons. The van der Waals surface area contributed by atoms with Gasteiger partial charge in [-0.1, -0.05) is 13.8 Å². The molecule has 1 aliphatic carbocycles. The molecule has 1 saturated heterocycles. The number of rotatable bonds is 5. The van der Waals surface area contributed by atoms with Crippen molar-refractivity contribution in [1.82, 2.24) is 15.3 Å². The van der Waals surface area contributed by atoms with E-state index in [0.29, 0.717) is 12.0 Å². The Hall–Kier alpha value is -1.16. The monoisotopic (exact) mass is 288 g/mol. The molecule has 0 aromatic carbocycles. The second kappa shape index (κ2) is 6.30. The Balaban J connectivity index is 1.79. The summed E-state index contributed by atoms with van der Waals surface area (Å²) >= 11 is 0. The highest BCUT2D eigenvalue weighted by atomic mass is 15.2. The van der Waals surface area contributed by atoms with Crippen LogP contribution in [0.2, 0.25) is 0 Å². The minimum absolute atomic E-state index is 0.392. The largest absolute Gasteiger partial charge is 0.353 e. The van der Waals surface area contributed by atoms with Gasteiger partial charge in [0.1, 0.15) is 11.6 Å². The average Bonchev–Trinajstić information content (AvgIpc) is 3.29. The van der Waals surface area contributed by atoms with Gasteiger partial charge in [-0.2, -0.15) is 0 Å². The van der Waals surface area contributed by atoms with E-state index in [1.807, 2.05) is 0 Å². The van der Waals surface area contributed by atoms with E-state index in [1.165, 1.54) is 45.3 Å². The van der Waals surface area contributed by atoms with Crippen LogP contribution < -0.4 is 10.2 Å². The van der Waals surface area contributed by atoms with E-state index in [1.54, 1.807) is 0 Å². The number of nitrogens with zero attached hydrogens (tertiary/aromatic N) is 3. The number of hydrogen-bond donors (Lipinski definition) is 1. The van der Waals surface area contributed by atoms with Crippen LogP contribution in [0.25, 0.3) is 0 Å². The fourth-order valence-electron chi connectivity index (χ4n) is 3.14. The minimum atomic E-state index is 0.392. The summed E-state index contributed by atoms with van der Waals surface area (Å²) in [4.78, 5) is 12.0. The van der Waals surface area contributed by atoms with E-state index >= 15 is 0 Å². The maximum absolute atomic E-state index is 4.86. The van der Waals surface area contributed by atoms with Crippen molar-refractivity contribution < 1.29 is 0 Å². The maximum Gasteiger partial charge on any atom is 0.133 e. The highest BCUT2D eigenvalue weighted by Crippen LogP contribution is 2.33. The highest BCUT2D eigenvalue weighted by molar-refractivity contribution is 5.43. The van der Waals surface area contributed by atoms with Gasteiger partial charge in [-0.15, -0.1) is 0 Å². The molecule has 4 heteroatoms. The van der Waals surface area contributed by atoms with Gasteiger partial charge in [-0.25, -0.2) is 9.97 Å². The summed E-state index contributed by atoms with van der Waals surface area (Å²) in [6, 6.07) is 2.89. The average molecular weight is 288 g/mol. The molecule has 4 nitrogen and oxygen atoms in total. The summed E-state index contributed by atoms with van der Waals surface area (Å²) in [7, 11) is 0. The Morgan fingerprint density at radius 3 is 2.52 bits per heavy atom. The van der Waals surface area contributed by atoms with Gasteiger partial charge in [0.15, 0.2) is 0 Å². The lowest BCUT2D eigenvalue weighted by molar-refractivity contribution is 0.372. The second-order valence-electron chi connectivity index (χ2n) is 6.96. The lowest BCUT2D eigenvalue weighted by Crippen LogP contribution is -2.38. The number of aryl methyl sites for hydroxylation is 1. The number of piperidine rings is 1. The van der Waals surface area contributed by atoms with Gasteiger partial charge < -0.3 is 10.2 Å². The molecule has 2 heterocycles. The molecule has 0 amide bonds. The summed E-state index contributed by atoms with van der Waals surface area (Å²) in [5, 5.41) is 3.46. The Labute approximate surface area is 128 Å². The maximum atomic E-state index is 4.86. The van der Waals surface area contributed by atoms with Gasteiger partial charge in [0.2, 0.25) is 0 Å². The Morgan fingerprint density at radius 2 is 1.90 bits per heavy atom. The lowest BCUT2D eigenvalue weighted by atomic mass is 9.97. The molecule has 0 spiro atoms. The summed E-state index contributed by atoms with van der Waals surface area (Å²) in [5.74, 6) is 3.35. The fourth-order valence-corrected chi connectivity index (χ4v) is 3.14. The zero-order valence-corrected chi connectivity index (χ0v) is 13.6. The van der Waals surface area contributed by atoms with Crippen LogP contribution in [0.4, 0.5) is 5.82 Å². The van der Waals surface area contributed by atoms with Crippen molar-refractivity contribution in [2.45, 2.75) is 58.4 Å². The molecule has 21 heavy (non-hydrogen) atoms. The zero-order chi connectivity index (χ0) is 14.8. The molecule has 0 bridgehead atoms. The van der Waals surface area contributed by atoms with Crippen LogP contribution in [0.1, 0.15) is 57.0 Å². The second-order valence-corrected chi connectivity index (χ2v) is 6.96. The van der Waals surface area contributed by atoms with E-state index in [9.17, 15) is 0 Å².